The lowest BCUT2D eigenvalue weighted by molar-refractivity contribution is -0.142. The van der Waals surface area contributed by atoms with Gasteiger partial charge in [-0.05, 0) is 17.7 Å². The summed E-state index contributed by atoms with van der Waals surface area (Å²) in [5.74, 6) is -1.07. The number of imidazole rings is 1. The number of amides is 3. The lowest BCUT2D eigenvalue weighted by Crippen LogP contribution is -2.51. The summed E-state index contributed by atoms with van der Waals surface area (Å²) < 4.78 is 16.0. The van der Waals surface area contributed by atoms with Crippen LogP contribution >= 0.6 is 0 Å². The fourth-order valence-electron chi connectivity index (χ4n) is 5.16. The molecule has 36 heavy (non-hydrogen) atoms. The smallest absolute Gasteiger partial charge is 0.240 e. The first-order valence-corrected chi connectivity index (χ1v) is 12.1. The number of imide groups is 1. The van der Waals surface area contributed by atoms with Gasteiger partial charge in [-0.3, -0.25) is 19.3 Å². The number of carbonyl (C=O) groups excluding carboxylic acids is 3. The van der Waals surface area contributed by atoms with E-state index in [4.69, 9.17) is 0 Å². The Kier molecular flexibility index (Phi) is 6.54. The lowest BCUT2D eigenvalue weighted by Gasteiger charge is -2.37. The number of anilines is 1. The van der Waals surface area contributed by atoms with Crippen LogP contribution < -0.4 is 4.90 Å². The number of benzene rings is 2. The van der Waals surface area contributed by atoms with Crippen molar-refractivity contribution in [2.75, 3.05) is 37.6 Å². The number of carbonyl (C=O) groups is 3. The summed E-state index contributed by atoms with van der Waals surface area (Å²) in [6.07, 6.45) is 4.94. The fraction of sp³-hybridized carbons (Fsp3) is 0.333. The van der Waals surface area contributed by atoms with Gasteiger partial charge >= 0.3 is 0 Å². The monoisotopic (exact) mass is 489 g/mol. The number of rotatable bonds is 7. The van der Waals surface area contributed by atoms with Gasteiger partial charge in [0.25, 0.3) is 0 Å². The molecule has 2 aliphatic heterocycles. The molecule has 0 saturated carbocycles. The Balaban J connectivity index is 1.32. The van der Waals surface area contributed by atoms with E-state index >= 15 is 0 Å². The van der Waals surface area contributed by atoms with Crippen LogP contribution in [0.5, 0.6) is 0 Å². The highest BCUT2D eigenvalue weighted by atomic mass is 19.1. The van der Waals surface area contributed by atoms with Gasteiger partial charge in [-0.1, -0.05) is 42.5 Å². The van der Waals surface area contributed by atoms with Gasteiger partial charge in [0, 0.05) is 64.5 Å². The fourth-order valence-corrected chi connectivity index (χ4v) is 5.16. The van der Waals surface area contributed by atoms with Crippen molar-refractivity contribution in [3.63, 3.8) is 0 Å². The number of para-hydroxylation sites is 1. The van der Waals surface area contributed by atoms with Gasteiger partial charge in [-0.2, -0.15) is 0 Å². The van der Waals surface area contributed by atoms with Gasteiger partial charge in [-0.25, -0.2) is 9.37 Å². The maximum Gasteiger partial charge on any atom is 0.240 e. The summed E-state index contributed by atoms with van der Waals surface area (Å²) in [7, 11) is 0. The minimum absolute atomic E-state index is 0.0410. The maximum atomic E-state index is 14.2. The Bertz CT molecular complexity index is 1240. The van der Waals surface area contributed by atoms with E-state index in [9.17, 15) is 18.8 Å². The molecule has 0 N–H and O–H groups in total. The van der Waals surface area contributed by atoms with Crippen molar-refractivity contribution in [1.82, 2.24) is 19.4 Å². The van der Waals surface area contributed by atoms with Gasteiger partial charge in [0.1, 0.15) is 5.82 Å². The van der Waals surface area contributed by atoms with E-state index in [0.717, 1.165) is 0 Å². The molecule has 1 atom stereocenters. The highest BCUT2D eigenvalue weighted by Gasteiger charge is 2.54. The van der Waals surface area contributed by atoms with E-state index in [-0.39, 0.29) is 42.9 Å². The highest BCUT2D eigenvalue weighted by Crippen LogP contribution is 2.40. The summed E-state index contributed by atoms with van der Waals surface area (Å²) in [5.41, 5.74) is -0.0326. The summed E-state index contributed by atoms with van der Waals surface area (Å²) in [4.78, 5) is 49.2. The van der Waals surface area contributed by atoms with Crippen molar-refractivity contribution in [1.29, 1.82) is 0 Å². The molecule has 9 heteroatoms. The second-order valence-corrected chi connectivity index (χ2v) is 9.27. The van der Waals surface area contributed by atoms with E-state index in [1.165, 1.54) is 11.0 Å². The topological polar surface area (TPSA) is 78.8 Å². The molecule has 0 aliphatic carbocycles. The van der Waals surface area contributed by atoms with Crippen molar-refractivity contribution in [3.05, 3.63) is 84.7 Å². The second kappa shape index (κ2) is 9.93. The molecule has 3 amide bonds. The second-order valence-electron chi connectivity index (χ2n) is 9.27. The molecule has 2 saturated heterocycles. The summed E-state index contributed by atoms with van der Waals surface area (Å²) in [6, 6.07) is 15.7. The molecule has 0 spiro atoms. The number of aromatic nitrogens is 2. The number of nitrogens with zero attached hydrogens (tertiary/aromatic N) is 5. The van der Waals surface area contributed by atoms with Gasteiger partial charge < -0.3 is 14.4 Å². The predicted octanol–water partition coefficient (Wildman–Crippen LogP) is 2.46. The number of hydrogen-bond donors (Lipinski definition) is 0. The van der Waals surface area contributed by atoms with Crippen LogP contribution in [0.3, 0.4) is 0 Å². The van der Waals surface area contributed by atoms with Crippen molar-refractivity contribution >= 4 is 23.4 Å². The van der Waals surface area contributed by atoms with Crippen LogP contribution in [0.25, 0.3) is 0 Å². The standard InChI is InChI=1S/C27H28FN5O3/c28-22-8-4-5-9-23(22)31-13-15-32(16-14-31)24(34)18-27(21-6-2-1-3-7-21)19-25(35)33(26(27)36)17-12-30-11-10-29-20-30/h1-11,20H,12-19H2/t27-/m1/s1. The highest BCUT2D eigenvalue weighted by molar-refractivity contribution is 6.10. The van der Waals surface area contributed by atoms with Crippen LogP contribution in [0.1, 0.15) is 18.4 Å². The molecule has 2 aliphatic rings. The summed E-state index contributed by atoms with van der Waals surface area (Å²) >= 11 is 0. The van der Waals surface area contributed by atoms with Gasteiger partial charge in [0.15, 0.2) is 0 Å². The first-order chi connectivity index (χ1) is 17.5. The number of likely N-dealkylation sites (tertiary alicyclic amines) is 1. The van der Waals surface area contributed by atoms with E-state index in [2.05, 4.69) is 4.98 Å². The molecule has 0 bridgehead atoms. The average molecular weight is 490 g/mol. The molecule has 0 unspecified atom stereocenters. The van der Waals surface area contributed by atoms with Crippen LogP contribution in [0.4, 0.5) is 10.1 Å². The third-order valence-electron chi connectivity index (χ3n) is 7.15. The molecule has 186 valence electrons. The quantitative estimate of drug-likeness (QED) is 0.477. The largest absolute Gasteiger partial charge is 0.366 e. The molecule has 1 aromatic heterocycles. The Morgan fingerprint density at radius 1 is 0.944 bits per heavy atom. The van der Waals surface area contributed by atoms with Crippen LogP contribution in [0, 0.1) is 5.82 Å². The van der Waals surface area contributed by atoms with Crippen molar-refractivity contribution in [2.24, 2.45) is 0 Å². The van der Waals surface area contributed by atoms with Crippen LogP contribution in [-0.4, -0.2) is 69.8 Å². The zero-order valence-electron chi connectivity index (χ0n) is 19.9. The Morgan fingerprint density at radius 2 is 1.67 bits per heavy atom. The molecular formula is C27H28FN5O3. The van der Waals surface area contributed by atoms with Crippen LogP contribution in [-0.2, 0) is 26.3 Å². The van der Waals surface area contributed by atoms with Crippen molar-refractivity contribution < 1.29 is 18.8 Å². The first kappa shape index (κ1) is 23.7. The Labute approximate surface area is 208 Å². The first-order valence-electron chi connectivity index (χ1n) is 12.1. The molecule has 3 aromatic rings. The summed E-state index contributed by atoms with van der Waals surface area (Å²) in [5, 5.41) is 0. The lowest BCUT2D eigenvalue weighted by atomic mass is 9.75. The van der Waals surface area contributed by atoms with Gasteiger partial charge in [0.2, 0.25) is 17.7 Å². The molecule has 2 aromatic carbocycles. The van der Waals surface area contributed by atoms with E-state index in [1.807, 2.05) is 39.8 Å². The Hall–Kier alpha value is -4.01. The third kappa shape index (κ3) is 4.48. The van der Waals surface area contributed by atoms with Crippen molar-refractivity contribution in [3.8, 4) is 0 Å². The molecular weight excluding hydrogens is 461 g/mol. The molecule has 5 rings (SSSR count). The molecule has 3 heterocycles. The van der Waals surface area contributed by atoms with Crippen LogP contribution in [0.15, 0.2) is 73.3 Å². The number of halogens is 1. The van der Waals surface area contributed by atoms with Gasteiger partial charge in [-0.15, -0.1) is 0 Å². The van der Waals surface area contributed by atoms with Gasteiger partial charge in [0.05, 0.1) is 17.4 Å². The molecule has 2 fully saturated rings. The van der Waals surface area contributed by atoms with E-state index in [1.54, 1.807) is 41.8 Å². The third-order valence-corrected chi connectivity index (χ3v) is 7.15. The summed E-state index contributed by atoms with van der Waals surface area (Å²) in [6.45, 7) is 2.49. The SMILES string of the molecule is O=C(C[C@]1(c2ccccc2)CC(=O)N(CCn2ccnc2)C1=O)N1CCN(c2ccccc2F)CC1. The predicted molar refractivity (Wildman–Crippen MR) is 131 cm³/mol. The minimum atomic E-state index is -1.23. The Morgan fingerprint density at radius 3 is 2.36 bits per heavy atom. The number of piperazine rings is 1. The normalized spacial score (nSPS) is 20.3. The zero-order valence-corrected chi connectivity index (χ0v) is 19.9. The molecule has 8 nitrogen and oxygen atoms in total. The minimum Gasteiger partial charge on any atom is -0.366 e. The van der Waals surface area contributed by atoms with Crippen molar-refractivity contribution in [2.45, 2.75) is 24.8 Å². The van der Waals surface area contributed by atoms with E-state index < -0.39 is 5.41 Å². The van der Waals surface area contributed by atoms with E-state index in [0.29, 0.717) is 44.0 Å². The zero-order chi connectivity index (χ0) is 25.1. The van der Waals surface area contributed by atoms with Crippen LogP contribution in [0.2, 0.25) is 0 Å². The molecule has 0 radical (unpaired) electrons. The average Bonchev–Trinajstić information content (AvgIpc) is 3.50. The number of hydrogen-bond acceptors (Lipinski definition) is 5. The maximum absolute atomic E-state index is 14.2.